The summed E-state index contributed by atoms with van der Waals surface area (Å²) in [6.45, 7) is 0. The number of benzene rings is 2. The van der Waals surface area contributed by atoms with E-state index >= 15 is 0 Å². The summed E-state index contributed by atoms with van der Waals surface area (Å²) in [6, 6.07) is 10.9. The number of methoxy groups -OCH3 is 2. The second-order valence-electron chi connectivity index (χ2n) is 3.91. The highest BCUT2D eigenvalue weighted by Gasteiger charge is 2.12. The van der Waals surface area contributed by atoms with Crippen LogP contribution in [0.3, 0.4) is 0 Å². The Morgan fingerprint density at radius 1 is 1.00 bits per heavy atom. The van der Waals surface area contributed by atoms with E-state index in [4.69, 9.17) is 9.47 Å². The molecule has 19 heavy (non-hydrogen) atoms. The highest BCUT2D eigenvalue weighted by Crippen LogP contribution is 2.21. The maximum atomic E-state index is 13.6. The fraction of sp³-hybridized carbons (Fsp3) is 0.133. The Morgan fingerprint density at radius 2 is 1.74 bits per heavy atom. The van der Waals surface area contributed by atoms with Gasteiger partial charge >= 0.3 is 0 Å². The van der Waals surface area contributed by atoms with Crippen molar-refractivity contribution in [2.75, 3.05) is 14.2 Å². The lowest BCUT2D eigenvalue weighted by molar-refractivity contribution is 0.103. The van der Waals surface area contributed by atoms with Crippen LogP contribution in [0, 0.1) is 5.82 Å². The van der Waals surface area contributed by atoms with Crippen LogP contribution in [0.15, 0.2) is 42.5 Å². The summed E-state index contributed by atoms with van der Waals surface area (Å²) in [4.78, 5) is 12.2. The summed E-state index contributed by atoms with van der Waals surface area (Å²) < 4.78 is 23.4. The van der Waals surface area contributed by atoms with Gasteiger partial charge < -0.3 is 9.47 Å². The van der Waals surface area contributed by atoms with E-state index in [1.807, 2.05) is 0 Å². The zero-order valence-electron chi connectivity index (χ0n) is 10.6. The van der Waals surface area contributed by atoms with Crippen LogP contribution in [0.2, 0.25) is 0 Å². The van der Waals surface area contributed by atoms with Gasteiger partial charge in [0.25, 0.3) is 0 Å². The highest BCUT2D eigenvalue weighted by molar-refractivity contribution is 6.09. The van der Waals surface area contributed by atoms with Gasteiger partial charge in [0.05, 0.1) is 14.2 Å². The Labute approximate surface area is 110 Å². The van der Waals surface area contributed by atoms with Crippen LogP contribution in [0.25, 0.3) is 0 Å². The van der Waals surface area contributed by atoms with Gasteiger partial charge in [0.2, 0.25) is 0 Å². The first-order valence-corrected chi connectivity index (χ1v) is 5.68. The first kappa shape index (κ1) is 13.1. The first-order chi connectivity index (χ1) is 9.15. The van der Waals surface area contributed by atoms with Crippen LogP contribution in [-0.4, -0.2) is 20.0 Å². The van der Waals surface area contributed by atoms with Gasteiger partial charge in [-0.15, -0.1) is 0 Å². The minimum atomic E-state index is -0.559. The van der Waals surface area contributed by atoms with Gasteiger partial charge in [0, 0.05) is 11.1 Å². The summed E-state index contributed by atoms with van der Waals surface area (Å²) in [5, 5.41) is 0. The van der Waals surface area contributed by atoms with Crippen LogP contribution in [-0.2, 0) is 0 Å². The van der Waals surface area contributed by atoms with E-state index in [9.17, 15) is 9.18 Å². The standard InChI is InChI=1S/C15H13FO3/c1-18-12-5-3-4-10(8-12)15(17)11-6-7-14(19-2)13(16)9-11/h3-9H,1-2H3. The zero-order chi connectivity index (χ0) is 13.8. The summed E-state index contributed by atoms with van der Waals surface area (Å²) >= 11 is 0. The third kappa shape index (κ3) is 2.73. The molecule has 3 nitrogen and oxygen atoms in total. The number of hydrogen-bond acceptors (Lipinski definition) is 3. The Morgan fingerprint density at radius 3 is 2.37 bits per heavy atom. The molecule has 0 aliphatic carbocycles. The molecule has 4 heteroatoms. The van der Waals surface area contributed by atoms with Crippen molar-refractivity contribution in [3.63, 3.8) is 0 Å². The number of ketones is 1. The molecule has 0 aliphatic heterocycles. The molecule has 0 aliphatic rings. The predicted molar refractivity (Wildman–Crippen MR) is 69.4 cm³/mol. The van der Waals surface area contributed by atoms with E-state index in [1.165, 1.54) is 32.4 Å². The van der Waals surface area contributed by atoms with Crippen molar-refractivity contribution in [3.8, 4) is 11.5 Å². The molecular weight excluding hydrogens is 247 g/mol. The Kier molecular flexibility index (Phi) is 3.80. The first-order valence-electron chi connectivity index (χ1n) is 5.68. The van der Waals surface area contributed by atoms with E-state index in [-0.39, 0.29) is 17.1 Å². The second-order valence-corrected chi connectivity index (χ2v) is 3.91. The van der Waals surface area contributed by atoms with E-state index in [0.717, 1.165) is 0 Å². The van der Waals surface area contributed by atoms with Gasteiger partial charge in [0.15, 0.2) is 17.3 Å². The molecule has 0 aromatic heterocycles. The van der Waals surface area contributed by atoms with Gasteiger partial charge in [-0.25, -0.2) is 4.39 Å². The van der Waals surface area contributed by atoms with Crippen molar-refractivity contribution in [1.29, 1.82) is 0 Å². The average molecular weight is 260 g/mol. The molecule has 0 saturated carbocycles. The number of halogens is 1. The van der Waals surface area contributed by atoms with Crippen molar-refractivity contribution in [2.24, 2.45) is 0 Å². The third-order valence-electron chi connectivity index (χ3n) is 2.75. The lowest BCUT2D eigenvalue weighted by atomic mass is 10.0. The minimum absolute atomic E-state index is 0.113. The van der Waals surface area contributed by atoms with Gasteiger partial charge in [-0.05, 0) is 30.3 Å². The van der Waals surface area contributed by atoms with Crippen molar-refractivity contribution in [2.45, 2.75) is 0 Å². The van der Waals surface area contributed by atoms with Gasteiger partial charge in [-0.3, -0.25) is 4.79 Å². The fourth-order valence-electron chi connectivity index (χ4n) is 1.74. The number of carbonyl (C=O) groups excluding carboxylic acids is 1. The summed E-state index contributed by atoms with van der Waals surface area (Å²) in [5.74, 6) is -0.126. The van der Waals surface area contributed by atoms with Crippen molar-refractivity contribution in [1.82, 2.24) is 0 Å². The molecule has 0 saturated heterocycles. The molecule has 0 radical (unpaired) electrons. The molecule has 0 atom stereocenters. The molecule has 2 aromatic rings. The smallest absolute Gasteiger partial charge is 0.193 e. The SMILES string of the molecule is COc1cccc(C(=O)c2ccc(OC)c(F)c2)c1. The van der Waals surface area contributed by atoms with Crippen LogP contribution in [0.1, 0.15) is 15.9 Å². The monoisotopic (exact) mass is 260 g/mol. The van der Waals surface area contributed by atoms with Crippen LogP contribution in [0.5, 0.6) is 11.5 Å². The molecule has 0 fully saturated rings. The summed E-state index contributed by atoms with van der Waals surface area (Å²) in [6.07, 6.45) is 0. The quantitative estimate of drug-likeness (QED) is 0.792. The van der Waals surface area contributed by atoms with Gasteiger partial charge in [-0.2, -0.15) is 0 Å². The predicted octanol–water partition coefficient (Wildman–Crippen LogP) is 3.07. The molecule has 2 rings (SSSR count). The van der Waals surface area contributed by atoms with E-state index in [1.54, 1.807) is 24.3 Å². The van der Waals surface area contributed by atoms with Gasteiger partial charge in [-0.1, -0.05) is 12.1 Å². The highest BCUT2D eigenvalue weighted by atomic mass is 19.1. The van der Waals surface area contributed by atoms with E-state index in [2.05, 4.69) is 0 Å². The van der Waals surface area contributed by atoms with Crippen molar-refractivity contribution >= 4 is 5.78 Å². The summed E-state index contributed by atoms with van der Waals surface area (Å²) in [7, 11) is 2.90. The molecule has 2 aromatic carbocycles. The molecule has 0 unspecified atom stereocenters. The maximum absolute atomic E-state index is 13.6. The molecule has 0 bridgehead atoms. The van der Waals surface area contributed by atoms with E-state index in [0.29, 0.717) is 11.3 Å². The normalized spacial score (nSPS) is 10.1. The molecule has 0 amide bonds. The molecule has 0 N–H and O–H groups in total. The number of rotatable bonds is 4. The van der Waals surface area contributed by atoms with E-state index < -0.39 is 5.82 Å². The maximum Gasteiger partial charge on any atom is 0.193 e. The number of ether oxygens (including phenoxy) is 2. The molecule has 0 heterocycles. The van der Waals surface area contributed by atoms with Crippen molar-refractivity contribution in [3.05, 3.63) is 59.4 Å². The Hall–Kier alpha value is -2.36. The Bertz CT molecular complexity index is 608. The molecular formula is C15H13FO3. The third-order valence-corrected chi connectivity index (χ3v) is 2.75. The topological polar surface area (TPSA) is 35.5 Å². The Balaban J connectivity index is 2.35. The number of carbonyl (C=O) groups is 1. The summed E-state index contributed by atoms with van der Waals surface area (Å²) in [5.41, 5.74) is 0.718. The largest absolute Gasteiger partial charge is 0.497 e. The van der Waals surface area contributed by atoms with Crippen LogP contribution >= 0.6 is 0 Å². The van der Waals surface area contributed by atoms with Gasteiger partial charge in [0.1, 0.15) is 5.75 Å². The van der Waals surface area contributed by atoms with Crippen LogP contribution in [0.4, 0.5) is 4.39 Å². The van der Waals surface area contributed by atoms with Crippen LogP contribution < -0.4 is 9.47 Å². The average Bonchev–Trinajstić information content (AvgIpc) is 2.46. The van der Waals surface area contributed by atoms with Crippen molar-refractivity contribution < 1.29 is 18.7 Å². The molecule has 98 valence electrons. The fourth-order valence-corrected chi connectivity index (χ4v) is 1.74. The molecule has 0 spiro atoms. The second kappa shape index (κ2) is 5.52. The lowest BCUT2D eigenvalue weighted by Gasteiger charge is -2.06. The lowest BCUT2D eigenvalue weighted by Crippen LogP contribution is -2.02. The number of hydrogen-bond donors (Lipinski definition) is 0. The minimum Gasteiger partial charge on any atom is -0.497 e. The zero-order valence-corrected chi connectivity index (χ0v) is 10.6.